The van der Waals surface area contributed by atoms with E-state index in [0.717, 1.165) is 16.5 Å². The van der Waals surface area contributed by atoms with Crippen LogP contribution in [0.2, 0.25) is 0 Å². The highest BCUT2D eigenvalue weighted by atomic mass is 16.5. The summed E-state index contributed by atoms with van der Waals surface area (Å²) in [5.41, 5.74) is 1.62. The molecule has 7 nitrogen and oxygen atoms in total. The van der Waals surface area contributed by atoms with Gasteiger partial charge < -0.3 is 19.2 Å². The lowest BCUT2D eigenvalue weighted by atomic mass is 10.0. The Hall–Kier alpha value is -2.83. The fraction of sp³-hybridized carbons (Fsp3) is 0.389. The van der Waals surface area contributed by atoms with Crippen LogP contribution in [0.15, 0.2) is 27.4 Å². The maximum Gasteiger partial charge on any atom is 0.336 e. The highest BCUT2D eigenvalue weighted by Gasteiger charge is 2.16. The Kier molecular flexibility index (Phi) is 5.80. The molecule has 134 valence electrons. The molecular weight excluding hydrogens is 326 g/mol. The summed E-state index contributed by atoms with van der Waals surface area (Å²) in [5, 5.41) is 3.37. The number of hydrogen-bond donors (Lipinski definition) is 1. The molecule has 0 unspecified atom stereocenters. The van der Waals surface area contributed by atoms with Gasteiger partial charge in [-0.2, -0.15) is 0 Å². The van der Waals surface area contributed by atoms with Gasteiger partial charge in [0.25, 0.3) is 0 Å². The maximum atomic E-state index is 12.0. The second kappa shape index (κ2) is 7.83. The monoisotopic (exact) mass is 347 g/mol. The number of aryl methyl sites for hydroxylation is 2. The average molecular weight is 347 g/mol. The Balaban J connectivity index is 2.19. The van der Waals surface area contributed by atoms with E-state index >= 15 is 0 Å². The van der Waals surface area contributed by atoms with Crippen molar-refractivity contribution in [2.75, 3.05) is 14.2 Å². The molecule has 0 radical (unpaired) electrons. The number of esters is 1. The van der Waals surface area contributed by atoms with Gasteiger partial charge in [-0.15, -0.1) is 0 Å². The predicted molar refractivity (Wildman–Crippen MR) is 91.7 cm³/mol. The van der Waals surface area contributed by atoms with E-state index in [9.17, 15) is 14.4 Å². The lowest BCUT2D eigenvalue weighted by Crippen LogP contribution is -2.39. The van der Waals surface area contributed by atoms with Crippen LogP contribution in [-0.4, -0.2) is 32.1 Å². The van der Waals surface area contributed by atoms with E-state index in [4.69, 9.17) is 9.15 Å². The van der Waals surface area contributed by atoms with Crippen molar-refractivity contribution < 1.29 is 23.5 Å². The van der Waals surface area contributed by atoms with Gasteiger partial charge in [0.2, 0.25) is 5.91 Å². The van der Waals surface area contributed by atoms with Gasteiger partial charge in [-0.05, 0) is 37.5 Å². The van der Waals surface area contributed by atoms with Gasteiger partial charge in [-0.1, -0.05) is 0 Å². The molecule has 0 aliphatic rings. The van der Waals surface area contributed by atoms with E-state index in [0.29, 0.717) is 17.8 Å². The third-order valence-corrected chi connectivity index (χ3v) is 3.91. The zero-order chi connectivity index (χ0) is 18.6. The third-order valence-electron chi connectivity index (χ3n) is 3.91. The van der Waals surface area contributed by atoms with Crippen LogP contribution >= 0.6 is 0 Å². The molecule has 0 fully saturated rings. The van der Waals surface area contributed by atoms with Crippen LogP contribution in [0.25, 0.3) is 11.0 Å². The van der Waals surface area contributed by atoms with Crippen molar-refractivity contribution in [2.24, 2.45) is 0 Å². The summed E-state index contributed by atoms with van der Waals surface area (Å²) in [5.74, 6) is -0.228. The molecule has 1 aromatic carbocycles. The first-order chi connectivity index (χ1) is 11.8. The van der Waals surface area contributed by atoms with Gasteiger partial charge in [-0.3, -0.25) is 4.79 Å². The van der Waals surface area contributed by atoms with Crippen LogP contribution < -0.4 is 15.7 Å². The van der Waals surface area contributed by atoms with Gasteiger partial charge in [0.05, 0.1) is 14.2 Å². The number of benzene rings is 1. The maximum absolute atomic E-state index is 12.0. The normalized spacial score (nSPS) is 11.8. The van der Waals surface area contributed by atoms with Gasteiger partial charge in [-0.25, -0.2) is 9.59 Å². The molecule has 0 saturated heterocycles. The molecule has 2 aromatic rings. The summed E-state index contributed by atoms with van der Waals surface area (Å²) in [6, 6.07) is 4.22. The number of nitrogens with one attached hydrogen (secondary N) is 1. The second-order valence-corrected chi connectivity index (χ2v) is 5.72. The minimum Gasteiger partial charge on any atom is -0.496 e. The number of ether oxygens (including phenoxy) is 2. The summed E-state index contributed by atoms with van der Waals surface area (Å²) < 4.78 is 15.1. The molecule has 2 rings (SSSR count). The van der Waals surface area contributed by atoms with Gasteiger partial charge in [0.1, 0.15) is 17.4 Å². The topological polar surface area (TPSA) is 94.8 Å². The van der Waals surface area contributed by atoms with Crippen molar-refractivity contribution in [3.8, 4) is 5.75 Å². The fourth-order valence-corrected chi connectivity index (χ4v) is 2.57. The Morgan fingerprint density at radius 2 is 1.96 bits per heavy atom. The Labute approximate surface area is 144 Å². The molecule has 1 amide bonds. The highest BCUT2D eigenvalue weighted by molar-refractivity contribution is 5.85. The molecule has 1 heterocycles. The van der Waals surface area contributed by atoms with Crippen molar-refractivity contribution in [2.45, 2.75) is 32.7 Å². The van der Waals surface area contributed by atoms with Crippen LogP contribution in [0.5, 0.6) is 5.75 Å². The second-order valence-electron chi connectivity index (χ2n) is 5.72. The van der Waals surface area contributed by atoms with Crippen LogP contribution in [-0.2, 0) is 20.7 Å². The number of amides is 1. The Morgan fingerprint density at radius 1 is 1.24 bits per heavy atom. The third kappa shape index (κ3) is 4.37. The molecule has 1 N–H and O–H groups in total. The summed E-state index contributed by atoms with van der Waals surface area (Å²) >= 11 is 0. The van der Waals surface area contributed by atoms with Crippen molar-refractivity contribution in [3.05, 3.63) is 39.7 Å². The minimum absolute atomic E-state index is 0.180. The van der Waals surface area contributed by atoms with Gasteiger partial charge in [0, 0.05) is 23.9 Å². The predicted octanol–water partition coefficient (Wildman–Crippen LogP) is 1.72. The molecule has 25 heavy (non-hydrogen) atoms. The first-order valence-electron chi connectivity index (χ1n) is 7.84. The number of carbonyl (C=O) groups excluding carboxylic acids is 2. The lowest BCUT2D eigenvalue weighted by molar-refractivity contribution is -0.144. The fourth-order valence-electron chi connectivity index (χ4n) is 2.57. The van der Waals surface area contributed by atoms with E-state index in [1.54, 1.807) is 13.0 Å². The van der Waals surface area contributed by atoms with Crippen LogP contribution in [0.1, 0.15) is 24.5 Å². The standard InChI is InChI=1S/C18H21NO6/c1-10-7-17(21)25-15-9-14(23-3)12(8-13(10)15)5-6-16(20)19-11(2)18(22)24-4/h7-9,11H,5-6H2,1-4H3,(H,19,20)/t11-/m0/s1. The molecule has 0 saturated carbocycles. The SMILES string of the molecule is COC(=O)[C@H](C)NC(=O)CCc1cc2c(C)cc(=O)oc2cc1OC. The Bertz CT molecular complexity index is 855. The van der Waals surface area contributed by atoms with Crippen molar-refractivity contribution >= 4 is 22.8 Å². The zero-order valence-electron chi connectivity index (χ0n) is 14.7. The van der Waals surface area contributed by atoms with Crippen LogP contribution in [0.3, 0.4) is 0 Å². The number of hydrogen-bond acceptors (Lipinski definition) is 6. The van der Waals surface area contributed by atoms with E-state index in [1.165, 1.54) is 20.3 Å². The summed E-state index contributed by atoms with van der Waals surface area (Å²) in [6.45, 7) is 3.38. The molecule has 7 heteroatoms. The first-order valence-corrected chi connectivity index (χ1v) is 7.84. The van der Waals surface area contributed by atoms with Gasteiger partial charge in [0.15, 0.2) is 0 Å². The quantitative estimate of drug-likeness (QED) is 0.631. The van der Waals surface area contributed by atoms with E-state index in [2.05, 4.69) is 10.1 Å². The molecule has 0 aliphatic carbocycles. The van der Waals surface area contributed by atoms with Crippen molar-refractivity contribution in [1.82, 2.24) is 5.32 Å². The average Bonchev–Trinajstić information content (AvgIpc) is 2.58. The smallest absolute Gasteiger partial charge is 0.336 e. The highest BCUT2D eigenvalue weighted by Crippen LogP contribution is 2.28. The number of rotatable bonds is 6. The van der Waals surface area contributed by atoms with Crippen molar-refractivity contribution in [1.29, 1.82) is 0 Å². The molecular formula is C18H21NO6. The summed E-state index contributed by atoms with van der Waals surface area (Å²) in [4.78, 5) is 34.8. The van der Waals surface area contributed by atoms with E-state index < -0.39 is 17.6 Å². The Morgan fingerprint density at radius 3 is 2.60 bits per heavy atom. The number of methoxy groups -OCH3 is 2. The summed E-state index contributed by atoms with van der Waals surface area (Å²) in [7, 11) is 2.78. The molecule has 0 spiro atoms. The summed E-state index contributed by atoms with van der Waals surface area (Å²) in [6.07, 6.45) is 0.594. The molecule has 0 aliphatic heterocycles. The van der Waals surface area contributed by atoms with Crippen molar-refractivity contribution in [3.63, 3.8) is 0 Å². The molecule has 1 atom stereocenters. The lowest BCUT2D eigenvalue weighted by Gasteiger charge is -2.13. The van der Waals surface area contributed by atoms with Crippen LogP contribution in [0.4, 0.5) is 0 Å². The van der Waals surface area contributed by atoms with E-state index in [-0.39, 0.29) is 12.3 Å². The largest absolute Gasteiger partial charge is 0.496 e. The van der Waals surface area contributed by atoms with E-state index in [1.807, 2.05) is 13.0 Å². The zero-order valence-corrected chi connectivity index (χ0v) is 14.7. The molecule has 0 bridgehead atoms. The minimum atomic E-state index is -0.701. The van der Waals surface area contributed by atoms with Gasteiger partial charge >= 0.3 is 11.6 Å². The van der Waals surface area contributed by atoms with Crippen LogP contribution in [0, 0.1) is 6.92 Å². The number of fused-ring (bicyclic) bond motifs is 1. The molecule has 1 aromatic heterocycles. The first kappa shape index (κ1) is 18.5. The number of carbonyl (C=O) groups is 2.